The highest BCUT2D eigenvalue weighted by molar-refractivity contribution is 5.91. The van der Waals surface area contributed by atoms with E-state index in [1.807, 2.05) is 55.5 Å². The largest absolute Gasteiger partial charge is 0.405 e. The summed E-state index contributed by atoms with van der Waals surface area (Å²) >= 11 is 0. The van der Waals surface area contributed by atoms with Crippen molar-refractivity contribution in [3.63, 3.8) is 0 Å². The van der Waals surface area contributed by atoms with Crippen LogP contribution >= 0.6 is 0 Å². The molecule has 0 radical (unpaired) electrons. The molecule has 0 aliphatic heterocycles. The molecule has 0 saturated heterocycles. The molecule has 1 aromatic heterocycles. The first-order valence-electron chi connectivity index (χ1n) is 16.2. The molecule has 3 aromatic carbocycles. The van der Waals surface area contributed by atoms with Crippen LogP contribution in [0.15, 0.2) is 153 Å². The monoisotopic (exact) mass is 642 g/mol. The van der Waals surface area contributed by atoms with E-state index in [2.05, 4.69) is 112 Å². The van der Waals surface area contributed by atoms with E-state index in [-0.39, 0.29) is 0 Å². The molecule has 0 unspecified atom stereocenters. The van der Waals surface area contributed by atoms with Crippen molar-refractivity contribution >= 4 is 35.1 Å². The number of aromatic nitrogens is 1. The molecule has 0 saturated carbocycles. The fraction of sp³-hybridized carbons (Fsp3) is 0.0889. The van der Waals surface area contributed by atoms with E-state index in [1.54, 1.807) is 18.5 Å². The van der Waals surface area contributed by atoms with Gasteiger partial charge in [0, 0.05) is 23.7 Å². The first kappa shape index (κ1) is 35.7. The number of nitrogens with two attached hydrogens (primary N) is 2. The van der Waals surface area contributed by atoms with E-state index in [1.165, 1.54) is 17.3 Å². The Labute approximate surface area is 292 Å². The highest BCUT2D eigenvalue weighted by atomic mass is 15.0. The maximum Gasteiger partial charge on any atom is 0.0572 e. The van der Waals surface area contributed by atoms with Crippen LogP contribution < -0.4 is 11.5 Å². The Morgan fingerprint density at radius 3 is 2.18 bits per heavy atom. The Bertz CT molecular complexity index is 2070. The van der Waals surface area contributed by atoms with Crippen LogP contribution in [0.4, 0.5) is 0 Å². The summed E-state index contributed by atoms with van der Waals surface area (Å²) in [6.07, 6.45) is 20.0. The standard InChI is InChI=1S/C45H46N4/c1-8-35(23-25-47)32(5)26-41(30-48)40-21-22-43(37(10-3)27-40)45-34(7)33(6)44(49(45)42-19-12-11-13-20-42)29-36(9-2)39-18-14-17-38(28-39)31(4)16-15-24-46/h8-30,46H,2-4,47-48H2,1,5-7H3/b16-15-,25-23-,32-26+,35-8+,36-29+,41-30+,46-24?. The van der Waals surface area contributed by atoms with Crippen molar-refractivity contribution in [2.45, 2.75) is 27.7 Å². The zero-order valence-electron chi connectivity index (χ0n) is 29.0. The lowest BCUT2D eigenvalue weighted by molar-refractivity contribution is 1.06. The van der Waals surface area contributed by atoms with Crippen molar-refractivity contribution in [2.75, 3.05) is 0 Å². The minimum atomic E-state index is 0.837. The maximum atomic E-state index is 7.34. The molecule has 0 aliphatic rings. The van der Waals surface area contributed by atoms with Crippen molar-refractivity contribution < 1.29 is 0 Å². The molecular weight excluding hydrogens is 597 g/mol. The molecule has 0 atom stereocenters. The minimum absolute atomic E-state index is 0.837. The average Bonchev–Trinajstić information content (AvgIpc) is 3.38. The summed E-state index contributed by atoms with van der Waals surface area (Å²) in [5, 5.41) is 7.34. The summed E-state index contributed by atoms with van der Waals surface area (Å²) in [5.74, 6) is 0. The van der Waals surface area contributed by atoms with Crippen LogP contribution in [-0.4, -0.2) is 10.8 Å². The molecule has 4 nitrogen and oxygen atoms in total. The molecule has 5 N–H and O–H groups in total. The van der Waals surface area contributed by atoms with Gasteiger partial charge in [-0.3, -0.25) is 0 Å². The number of nitrogens with one attached hydrogen (secondary N) is 1. The zero-order chi connectivity index (χ0) is 35.5. The summed E-state index contributed by atoms with van der Waals surface area (Å²) in [4.78, 5) is 0. The van der Waals surface area contributed by atoms with Gasteiger partial charge in [-0.2, -0.15) is 0 Å². The van der Waals surface area contributed by atoms with Crippen molar-refractivity contribution in [2.24, 2.45) is 11.5 Å². The van der Waals surface area contributed by atoms with E-state index < -0.39 is 0 Å². The Hall–Kier alpha value is -6.13. The third-order valence-corrected chi connectivity index (χ3v) is 8.71. The SMILES string of the molecule is C=C/C(=C\c1c(C)c(C)c(-c2ccc(C(/C=C(C)/C(/C=C\N)=C/C)=C/N)cc2C=C)n1-c1ccccc1)c1cccc(C(=C)/C=C\C=N)c1. The van der Waals surface area contributed by atoms with Gasteiger partial charge in [0.15, 0.2) is 0 Å². The second-order valence-electron chi connectivity index (χ2n) is 11.6. The average molecular weight is 643 g/mol. The fourth-order valence-corrected chi connectivity index (χ4v) is 5.96. The summed E-state index contributed by atoms with van der Waals surface area (Å²) in [6, 6.07) is 25.1. The molecular formula is C45H46N4. The molecule has 4 rings (SSSR count). The van der Waals surface area contributed by atoms with Crippen molar-refractivity contribution in [1.82, 2.24) is 4.57 Å². The number of hydrogen-bond acceptors (Lipinski definition) is 3. The topological polar surface area (TPSA) is 80.8 Å². The van der Waals surface area contributed by atoms with Gasteiger partial charge in [0.05, 0.1) is 11.4 Å². The molecule has 0 spiro atoms. The van der Waals surface area contributed by atoms with Crippen LogP contribution in [0.25, 0.3) is 45.8 Å². The second-order valence-corrected chi connectivity index (χ2v) is 11.6. The van der Waals surface area contributed by atoms with Crippen LogP contribution in [0.2, 0.25) is 0 Å². The highest BCUT2D eigenvalue weighted by Crippen LogP contribution is 2.39. The van der Waals surface area contributed by atoms with Crippen LogP contribution in [0.3, 0.4) is 0 Å². The fourth-order valence-electron chi connectivity index (χ4n) is 5.96. The van der Waals surface area contributed by atoms with Gasteiger partial charge < -0.3 is 21.4 Å². The van der Waals surface area contributed by atoms with Crippen LogP contribution in [0.5, 0.6) is 0 Å². The van der Waals surface area contributed by atoms with Crippen molar-refractivity contribution in [3.8, 4) is 16.9 Å². The summed E-state index contributed by atoms with van der Waals surface area (Å²) in [5.41, 5.74) is 27.3. The van der Waals surface area contributed by atoms with Gasteiger partial charge in [0.1, 0.15) is 0 Å². The number of para-hydroxylation sites is 1. The van der Waals surface area contributed by atoms with Crippen LogP contribution in [0.1, 0.15) is 52.9 Å². The Morgan fingerprint density at radius 2 is 1.55 bits per heavy atom. The van der Waals surface area contributed by atoms with Gasteiger partial charge in [-0.15, -0.1) is 0 Å². The molecule has 0 amide bonds. The number of benzene rings is 3. The number of hydrogen-bond donors (Lipinski definition) is 3. The lowest BCUT2D eigenvalue weighted by Gasteiger charge is -2.17. The summed E-state index contributed by atoms with van der Waals surface area (Å²) in [6.45, 7) is 21.0. The Morgan fingerprint density at radius 1 is 0.837 bits per heavy atom. The third-order valence-electron chi connectivity index (χ3n) is 8.71. The highest BCUT2D eigenvalue weighted by Gasteiger charge is 2.21. The van der Waals surface area contributed by atoms with Crippen LogP contribution in [-0.2, 0) is 0 Å². The minimum Gasteiger partial charge on any atom is -0.405 e. The maximum absolute atomic E-state index is 7.34. The summed E-state index contributed by atoms with van der Waals surface area (Å²) in [7, 11) is 0. The quantitative estimate of drug-likeness (QED) is 0.100. The van der Waals surface area contributed by atoms with Gasteiger partial charge in [-0.1, -0.05) is 92.6 Å². The molecule has 4 aromatic rings. The molecule has 4 heteroatoms. The third kappa shape index (κ3) is 7.89. The van der Waals surface area contributed by atoms with Gasteiger partial charge in [0.25, 0.3) is 0 Å². The first-order valence-corrected chi connectivity index (χ1v) is 16.2. The zero-order valence-corrected chi connectivity index (χ0v) is 29.0. The van der Waals surface area contributed by atoms with E-state index in [0.717, 1.165) is 72.8 Å². The second kappa shape index (κ2) is 16.6. The molecule has 246 valence electrons. The lowest BCUT2D eigenvalue weighted by atomic mass is 9.94. The van der Waals surface area contributed by atoms with Gasteiger partial charge in [-0.25, -0.2) is 0 Å². The van der Waals surface area contributed by atoms with E-state index in [4.69, 9.17) is 16.9 Å². The number of nitrogens with zero attached hydrogens (tertiary/aromatic N) is 1. The molecule has 0 fully saturated rings. The van der Waals surface area contributed by atoms with Crippen molar-refractivity contribution in [3.05, 3.63) is 192 Å². The molecule has 49 heavy (non-hydrogen) atoms. The lowest BCUT2D eigenvalue weighted by Crippen LogP contribution is -2.02. The Kier molecular flexibility index (Phi) is 12.1. The molecule has 0 aliphatic carbocycles. The first-order chi connectivity index (χ1) is 23.7. The van der Waals surface area contributed by atoms with E-state index in [0.29, 0.717) is 0 Å². The molecule has 1 heterocycles. The normalized spacial score (nSPS) is 12.9. The predicted molar refractivity (Wildman–Crippen MR) is 215 cm³/mol. The van der Waals surface area contributed by atoms with Gasteiger partial charge in [0.2, 0.25) is 0 Å². The van der Waals surface area contributed by atoms with Gasteiger partial charge >= 0.3 is 0 Å². The summed E-state index contributed by atoms with van der Waals surface area (Å²) < 4.78 is 2.33. The van der Waals surface area contributed by atoms with E-state index in [9.17, 15) is 0 Å². The van der Waals surface area contributed by atoms with Crippen molar-refractivity contribution in [1.29, 1.82) is 5.41 Å². The molecule has 0 bridgehead atoms. The van der Waals surface area contributed by atoms with Crippen LogP contribution in [0, 0.1) is 19.3 Å². The van der Waals surface area contributed by atoms with Gasteiger partial charge in [-0.05, 0) is 144 Å². The smallest absolute Gasteiger partial charge is 0.0572 e. The predicted octanol–water partition coefficient (Wildman–Crippen LogP) is 11.0. The Balaban J connectivity index is 1.94. The number of rotatable bonds is 13. The van der Waals surface area contributed by atoms with E-state index >= 15 is 0 Å². The number of allylic oxidation sites excluding steroid dienone is 11.